The van der Waals surface area contributed by atoms with E-state index in [0.717, 1.165) is 24.5 Å². The maximum atomic E-state index is 12.1. The number of carbonyl (C=O) groups is 1. The van der Waals surface area contributed by atoms with Gasteiger partial charge in [0.15, 0.2) is 0 Å². The Morgan fingerprint density at radius 2 is 1.86 bits per heavy atom. The standard InChI is InChI=1S/C16H18ClN3O/c1-3-20(4-2)13-7-5-12(6-8-13)19-16(21)14-11-18-10-9-15(14)17/h5-11H,3-4H2,1-2H3,(H,19,21). The highest BCUT2D eigenvalue weighted by molar-refractivity contribution is 6.34. The number of rotatable bonds is 5. The Bertz CT molecular complexity index is 609. The molecule has 0 saturated carbocycles. The van der Waals surface area contributed by atoms with E-state index in [1.807, 2.05) is 24.3 Å². The molecule has 0 aliphatic carbocycles. The van der Waals surface area contributed by atoms with Gasteiger partial charge in [0.1, 0.15) is 0 Å². The Balaban J connectivity index is 2.10. The van der Waals surface area contributed by atoms with E-state index in [9.17, 15) is 4.79 Å². The van der Waals surface area contributed by atoms with E-state index < -0.39 is 0 Å². The van der Waals surface area contributed by atoms with Crippen molar-refractivity contribution in [3.8, 4) is 0 Å². The van der Waals surface area contributed by atoms with Crippen molar-refractivity contribution in [2.24, 2.45) is 0 Å². The van der Waals surface area contributed by atoms with Crippen LogP contribution in [0.15, 0.2) is 42.7 Å². The van der Waals surface area contributed by atoms with Crippen LogP contribution in [0.2, 0.25) is 5.02 Å². The van der Waals surface area contributed by atoms with Crippen LogP contribution in [-0.2, 0) is 0 Å². The van der Waals surface area contributed by atoms with Gasteiger partial charge in [0.25, 0.3) is 5.91 Å². The molecule has 0 spiro atoms. The first kappa shape index (κ1) is 15.3. The van der Waals surface area contributed by atoms with Crippen LogP contribution < -0.4 is 10.2 Å². The molecule has 1 aromatic heterocycles. The zero-order valence-electron chi connectivity index (χ0n) is 12.1. The second-order valence-electron chi connectivity index (χ2n) is 4.53. The summed E-state index contributed by atoms with van der Waals surface area (Å²) in [6.45, 7) is 6.13. The maximum absolute atomic E-state index is 12.1. The average Bonchev–Trinajstić information content (AvgIpc) is 2.50. The van der Waals surface area contributed by atoms with Crippen LogP contribution >= 0.6 is 11.6 Å². The molecule has 0 aliphatic heterocycles. The number of halogens is 1. The van der Waals surface area contributed by atoms with Crippen molar-refractivity contribution >= 4 is 28.9 Å². The molecule has 0 atom stereocenters. The van der Waals surface area contributed by atoms with Gasteiger partial charge in [0.05, 0.1) is 10.6 Å². The van der Waals surface area contributed by atoms with Crippen LogP contribution in [0, 0.1) is 0 Å². The molecule has 0 radical (unpaired) electrons. The number of aromatic nitrogens is 1. The lowest BCUT2D eigenvalue weighted by atomic mass is 10.2. The van der Waals surface area contributed by atoms with Crippen LogP contribution in [0.4, 0.5) is 11.4 Å². The molecule has 21 heavy (non-hydrogen) atoms. The normalized spacial score (nSPS) is 10.2. The lowest BCUT2D eigenvalue weighted by molar-refractivity contribution is 0.102. The molecule has 1 aromatic carbocycles. The van der Waals surface area contributed by atoms with Gasteiger partial charge in [0.2, 0.25) is 0 Å². The Morgan fingerprint density at radius 3 is 2.43 bits per heavy atom. The fourth-order valence-corrected chi connectivity index (χ4v) is 2.28. The number of nitrogens with one attached hydrogen (secondary N) is 1. The summed E-state index contributed by atoms with van der Waals surface area (Å²) in [5.74, 6) is -0.260. The molecule has 0 aliphatic rings. The smallest absolute Gasteiger partial charge is 0.258 e. The van der Waals surface area contributed by atoms with Crippen molar-refractivity contribution in [1.29, 1.82) is 0 Å². The van der Waals surface area contributed by atoms with Crippen LogP contribution in [0.25, 0.3) is 0 Å². The summed E-state index contributed by atoms with van der Waals surface area (Å²) in [4.78, 5) is 18.3. The molecule has 2 rings (SSSR count). The van der Waals surface area contributed by atoms with Gasteiger partial charge in [-0.1, -0.05) is 11.6 Å². The fraction of sp³-hybridized carbons (Fsp3) is 0.250. The number of carbonyl (C=O) groups excluding carboxylic acids is 1. The van der Waals surface area contributed by atoms with Gasteiger partial charge >= 0.3 is 0 Å². The van der Waals surface area contributed by atoms with Crippen molar-refractivity contribution in [1.82, 2.24) is 4.98 Å². The van der Waals surface area contributed by atoms with Crippen molar-refractivity contribution in [2.45, 2.75) is 13.8 Å². The number of amides is 1. The number of nitrogens with zero attached hydrogens (tertiary/aromatic N) is 2. The number of pyridine rings is 1. The first-order valence-corrected chi connectivity index (χ1v) is 7.29. The lowest BCUT2D eigenvalue weighted by Gasteiger charge is -2.21. The molecular weight excluding hydrogens is 286 g/mol. The predicted octanol–water partition coefficient (Wildman–Crippen LogP) is 3.83. The molecule has 0 fully saturated rings. The summed E-state index contributed by atoms with van der Waals surface area (Å²) < 4.78 is 0. The minimum Gasteiger partial charge on any atom is -0.372 e. The van der Waals surface area contributed by atoms with Crippen molar-refractivity contribution in [2.75, 3.05) is 23.3 Å². The minimum absolute atomic E-state index is 0.260. The van der Waals surface area contributed by atoms with Crippen molar-refractivity contribution < 1.29 is 4.79 Å². The Morgan fingerprint density at radius 1 is 1.19 bits per heavy atom. The van der Waals surface area contributed by atoms with Gasteiger partial charge in [-0.25, -0.2) is 0 Å². The molecule has 4 nitrogen and oxygen atoms in total. The first-order valence-electron chi connectivity index (χ1n) is 6.91. The molecule has 0 saturated heterocycles. The van der Waals surface area contributed by atoms with Gasteiger partial charge in [-0.15, -0.1) is 0 Å². The van der Waals surface area contributed by atoms with Gasteiger partial charge in [-0.05, 0) is 44.2 Å². The summed E-state index contributed by atoms with van der Waals surface area (Å²) >= 11 is 5.98. The molecule has 1 amide bonds. The second-order valence-corrected chi connectivity index (χ2v) is 4.94. The molecular formula is C16H18ClN3O. The molecule has 1 N–H and O–H groups in total. The largest absolute Gasteiger partial charge is 0.372 e. The molecule has 0 bridgehead atoms. The van der Waals surface area contributed by atoms with Crippen LogP contribution in [0.1, 0.15) is 24.2 Å². The van der Waals surface area contributed by atoms with Gasteiger partial charge in [-0.2, -0.15) is 0 Å². The topological polar surface area (TPSA) is 45.2 Å². The summed E-state index contributed by atoms with van der Waals surface area (Å²) in [7, 11) is 0. The Labute approximate surface area is 129 Å². The molecule has 0 unspecified atom stereocenters. The number of hydrogen-bond acceptors (Lipinski definition) is 3. The first-order chi connectivity index (χ1) is 10.2. The predicted molar refractivity (Wildman–Crippen MR) is 87.2 cm³/mol. The van der Waals surface area contributed by atoms with Crippen LogP contribution in [-0.4, -0.2) is 24.0 Å². The van der Waals surface area contributed by atoms with E-state index in [1.165, 1.54) is 6.20 Å². The molecule has 110 valence electrons. The van der Waals surface area contributed by atoms with E-state index in [-0.39, 0.29) is 5.91 Å². The quantitative estimate of drug-likeness (QED) is 0.913. The van der Waals surface area contributed by atoms with E-state index >= 15 is 0 Å². The number of anilines is 2. The van der Waals surface area contributed by atoms with E-state index in [1.54, 1.807) is 12.3 Å². The van der Waals surface area contributed by atoms with Gasteiger partial charge in [0, 0.05) is 36.9 Å². The third kappa shape index (κ3) is 3.73. The third-order valence-electron chi connectivity index (χ3n) is 3.27. The van der Waals surface area contributed by atoms with Gasteiger partial charge < -0.3 is 10.2 Å². The highest BCUT2D eigenvalue weighted by Gasteiger charge is 2.10. The summed E-state index contributed by atoms with van der Waals surface area (Å²) in [6.07, 6.45) is 3.01. The zero-order valence-corrected chi connectivity index (χ0v) is 12.9. The van der Waals surface area contributed by atoms with E-state index in [0.29, 0.717) is 10.6 Å². The fourth-order valence-electron chi connectivity index (χ4n) is 2.09. The summed E-state index contributed by atoms with van der Waals surface area (Å²) in [5.41, 5.74) is 2.24. The molecule has 2 aromatic rings. The maximum Gasteiger partial charge on any atom is 0.258 e. The van der Waals surface area contributed by atoms with Crippen molar-refractivity contribution in [3.63, 3.8) is 0 Å². The lowest BCUT2D eigenvalue weighted by Crippen LogP contribution is -2.21. The van der Waals surface area contributed by atoms with Gasteiger partial charge in [-0.3, -0.25) is 9.78 Å². The molecule has 5 heteroatoms. The average molecular weight is 304 g/mol. The summed E-state index contributed by atoms with van der Waals surface area (Å²) in [6, 6.07) is 9.35. The highest BCUT2D eigenvalue weighted by atomic mass is 35.5. The van der Waals surface area contributed by atoms with E-state index in [2.05, 4.69) is 29.0 Å². The Kier molecular flexibility index (Phi) is 5.17. The highest BCUT2D eigenvalue weighted by Crippen LogP contribution is 2.19. The number of hydrogen-bond donors (Lipinski definition) is 1. The third-order valence-corrected chi connectivity index (χ3v) is 3.60. The second kappa shape index (κ2) is 7.09. The molecule has 1 heterocycles. The minimum atomic E-state index is -0.260. The zero-order chi connectivity index (χ0) is 15.2. The monoisotopic (exact) mass is 303 g/mol. The van der Waals surface area contributed by atoms with Crippen LogP contribution in [0.3, 0.4) is 0 Å². The SMILES string of the molecule is CCN(CC)c1ccc(NC(=O)c2cnccc2Cl)cc1. The van der Waals surface area contributed by atoms with Crippen LogP contribution in [0.5, 0.6) is 0 Å². The number of benzene rings is 1. The summed E-state index contributed by atoms with van der Waals surface area (Å²) in [5, 5.41) is 3.21. The van der Waals surface area contributed by atoms with E-state index in [4.69, 9.17) is 11.6 Å². The Hall–Kier alpha value is -2.07. The van der Waals surface area contributed by atoms with Crippen molar-refractivity contribution in [3.05, 3.63) is 53.3 Å².